The van der Waals surface area contributed by atoms with Gasteiger partial charge in [-0.25, -0.2) is 0 Å². The van der Waals surface area contributed by atoms with Crippen molar-refractivity contribution in [3.8, 4) is 5.75 Å². The number of amides is 1. The Kier molecular flexibility index (Phi) is 4.67. The van der Waals surface area contributed by atoms with Gasteiger partial charge in [0.1, 0.15) is 5.75 Å². The second kappa shape index (κ2) is 6.06. The molecule has 0 spiro atoms. The van der Waals surface area contributed by atoms with Crippen LogP contribution in [0, 0.1) is 0 Å². The molecule has 0 aliphatic heterocycles. The second-order valence-electron chi connectivity index (χ2n) is 4.63. The average Bonchev–Trinajstić information content (AvgIpc) is 2.86. The highest BCUT2D eigenvalue weighted by atomic mass is 79.9. The summed E-state index contributed by atoms with van der Waals surface area (Å²) in [6, 6.07) is 2.12. The summed E-state index contributed by atoms with van der Waals surface area (Å²) in [6.45, 7) is 0. The predicted molar refractivity (Wildman–Crippen MR) is 77.9 cm³/mol. The van der Waals surface area contributed by atoms with Gasteiger partial charge in [-0.15, -0.1) is 11.3 Å². The van der Waals surface area contributed by atoms with Crippen molar-refractivity contribution in [3.05, 3.63) is 16.3 Å². The van der Waals surface area contributed by atoms with Crippen LogP contribution in [0.3, 0.4) is 0 Å². The normalized spacial score (nSPS) is 23.7. The summed E-state index contributed by atoms with van der Waals surface area (Å²) in [7, 11) is 3.52. The van der Waals surface area contributed by atoms with Crippen LogP contribution < -0.4 is 4.74 Å². The van der Waals surface area contributed by atoms with Gasteiger partial charge in [-0.3, -0.25) is 4.79 Å². The summed E-state index contributed by atoms with van der Waals surface area (Å²) < 4.78 is 5.12. The van der Waals surface area contributed by atoms with Gasteiger partial charge in [0, 0.05) is 29.4 Å². The molecule has 1 fully saturated rings. The predicted octanol–water partition coefficient (Wildman–Crippen LogP) is 3.53. The Balaban J connectivity index is 2.07. The maximum Gasteiger partial charge on any atom is 0.264 e. The Labute approximate surface area is 120 Å². The number of hydrogen-bond donors (Lipinski definition) is 0. The Morgan fingerprint density at radius 1 is 1.50 bits per heavy atom. The largest absolute Gasteiger partial charge is 0.496 e. The lowest BCUT2D eigenvalue weighted by Crippen LogP contribution is -2.43. The number of methoxy groups -OCH3 is 1. The average molecular weight is 332 g/mol. The molecule has 100 valence electrons. The van der Waals surface area contributed by atoms with Gasteiger partial charge in [0.25, 0.3) is 5.91 Å². The smallest absolute Gasteiger partial charge is 0.264 e. The van der Waals surface area contributed by atoms with Crippen LogP contribution in [0.15, 0.2) is 11.4 Å². The zero-order valence-electron chi connectivity index (χ0n) is 10.7. The third-order valence-corrected chi connectivity index (χ3v) is 5.45. The Hall–Kier alpha value is -0.550. The van der Waals surface area contributed by atoms with Gasteiger partial charge in [-0.1, -0.05) is 28.8 Å². The molecule has 0 saturated heterocycles. The van der Waals surface area contributed by atoms with E-state index in [0.717, 1.165) is 23.5 Å². The van der Waals surface area contributed by atoms with Crippen LogP contribution in [-0.2, 0) is 0 Å². The lowest BCUT2D eigenvalue weighted by molar-refractivity contribution is 0.0709. The van der Waals surface area contributed by atoms with Crippen molar-refractivity contribution in [1.29, 1.82) is 0 Å². The number of thiophene rings is 1. The molecule has 1 aliphatic rings. The number of nitrogens with zero attached hydrogens (tertiary/aromatic N) is 1. The lowest BCUT2D eigenvalue weighted by Gasteiger charge is -2.34. The molecule has 0 bridgehead atoms. The van der Waals surface area contributed by atoms with Crippen LogP contribution in [0.5, 0.6) is 5.75 Å². The first-order valence-corrected chi connectivity index (χ1v) is 7.96. The van der Waals surface area contributed by atoms with Crippen molar-refractivity contribution in [2.45, 2.75) is 36.6 Å². The summed E-state index contributed by atoms with van der Waals surface area (Å²) >= 11 is 5.14. The maximum absolute atomic E-state index is 12.4. The molecule has 1 heterocycles. The SMILES string of the molecule is COc1csc(C(=O)N(C)C2CCCCC2Br)c1. The highest BCUT2D eigenvalue weighted by Gasteiger charge is 2.30. The number of hydrogen-bond acceptors (Lipinski definition) is 3. The topological polar surface area (TPSA) is 29.5 Å². The Morgan fingerprint density at radius 2 is 2.22 bits per heavy atom. The highest BCUT2D eigenvalue weighted by molar-refractivity contribution is 9.09. The van der Waals surface area contributed by atoms with E-state index in [9.17, 15) is 4.79 Å². The molecule has 0 radical (unpaired) electrons. The van der Waals surface area contributed by atoms with E-state index in [1.807, 2.05) is 23.4 Å². The Morgan fingerprint density at radius 3 is 2.83 bits per heavy atom. The van der Waals surface area contributed by atoms with Gasteiger partial charge in [0.05, 0.1) is 12.0 Å². The Bertz CT molecular complexity index is 421. The van der Waals surface area contributed by atoms with Crippen LogP contribution in [0.25, 0.3) is 0 Å². The van der Waals surface area contributed by atoms with E-state index in [1.54, 1.807) is 7.11 Å². The van der Waals surface area contributed by atoms with E-state index in [-0.39, 0.29) is 5.91 Å². The van der Waals surface area contributed by atoms with E-state index in [4.69, 9.17) is 4.74 Å². The molecule has 5 heteroatoms. The molecule has 1 aliphatic carbocycles. The van der Waals surface area contributed by atoms with Gasteiger partial charge in [-0.05, 0) is 12.8 Å². The van der Waals surface area contributed by atoms with Gasteiger partial charge in [0.15, 0.2) is 0 Å². The van der Waals surface area contributed by atoms with Crippen LogP contribution in [-0.4, -0.2) is 35.8 Å². The van der Waals surface area contributed by atoms with Gasteiger partial charge >= 0.3 is 0 Å². The molecule has 1 amide bonds. The fourth-order valence-corrected chi connectivity index (χ4v) is 4.14. The zero-order valence-corrected chi connectivity index (χ0v) is 13.1. The summed E-state index contributed by atoms with van der Waals surface area (Å²) in [5.74, 6) is 0.857. The molecule has 3 nitrogen and oxygen atoms in total. The molecule has 18 heavy (non-hydrogen) atoms. The molecule has 2 atom stereocenters. The van der Waals surface area contributed by atoms with Crippen molar-refractivity contribution >= 4 is 33.2 Å². The van der Waals surface area contributed by atoms with E-state index in [0.29, 0.717) is 10.9 Å². The first-order chi connectivity index (χ1) is 8.63. The minimum absolute atomic E-state index is 0.0969. The quantitative estimate of drug-likeness (QED) is 0.793. The van der Waals surface area contributed by atoms with Crippen LogP contribution in [0.4, 0.5) is 0 Å². The van der Waals surface area contributed by atoms with Crippen molar-refractivity contribution in [2.24, 2.45) is 0 Å². The molecule has 1 saturated carbocycles. The summed E-state index contributed by atoms with van der Waals surface area (Å²) in [6.07, 6.45) is 4.69. The van der Waals surface area contributed by atoms with Crippen molar-refractivity contribution in [2.75, 3.05) is 14.2 Å². The van der Waals surface area contributed by atoms with Crippen molar-refractivity contribution in [1.82, 2.24) is 4.90 Å². The number of rotatable bonds is 3. The summed E-state index contributed by atoms with van der Waals surface area (Å²) in [5.41, 5.74) is 0. The second-order valence-corrected chi connectivity index (χ2v) is 6.72. The number of carbonyl (C=O) groups is 1. The molecule has 2 rings (SSSR count). The maximum atomic E-state index is 12.4. The van der Waals surface area contributed by atoms with Crippen LogP contribution in [0.1, 0.15) is 35.4 Å². The van der Waals surface area contributed by atoms with Crippen LogP contribution in [0.2, 0.25) is 0 Å². The summed E-state index contributed by atoms with van der Waals surface area (Å²) in [4.78, 5) is 15.4. The minimum atomic E-state index is 0.0969. The first kappa shape index (κ1) is 13.9. The molecule has 2 unspecified atom stereocenters. The molecule has 0 N–H and O–H groups in total. The standard InChI is InChI=1S/C13H18BrNO2S/c1-15(11-6-4-3-5-10(11)14)13(16)12-7-9(17-2)8-18-12/h7-8,10-11H,3-6H2,1-2H3. The first-order valence-electron chi connectivity index (χ1n) is 6.17. The molecule has 0 aromatic carbocycles. The van der Waals surface area contributed by atoms with E-state index >= 15 is 0 Å². The fourth-order valence-electron chi connectivity index (χ4n) is 2.36. The van der Waals surface area contributed by atoms with Gasteiger partial charge in [-0.2, -0.15) is 0 Å². The number of alkyl halides is 1. The molecular weight excluding hydrogens is 314 g/mol. The van der Waals surface area contributed by atoms with Crippen molar-refractivity contribution < 1.29 is 9.53 Å². The third kappa shape index (κ3) is 2.88. The van der Waals surface area contributed by atoms with Crippen LogP contribution >= 0.6 is 27.3 Å². The van der Waals surface area contributed by atoms with E-state index < -0.39 is 0 Å². The number of halogens is 1. The molecule has 1 aromatic rings. The fraction of sp³-hybridized carbons (Fsp3) is 0.615. The third-order valence-electron chi connectivity index (χ3n) is 3.49. The lowest BCUT2D eigenvalue weighted by atomic mass is 9.94. The molecular formula is C13H18BrNO2S. The number of ether oxygens (including phenoxy) is 1. The highest BCUT2D eigenvalue weighted by Crippen LogP contribution is 2.30. The minimum Gasteiger partial charge on any atom is -0.496 e. The number of carbonyl (C=O) groups excluding carboxylic acids is 1. The van der Waals surface area contributed by atoms with Gasteiger partial charge in [0.2, 0.25) is 0 Å². The van der Waals surface area contributed by atoms with E-state index in [2.05, 4.69) is 15.9 Å². The van der Waals surface area contributed by atoms with Gasteiger partial charge < -0.3 is 9.64 Å². The van der Waals surface area contributed by atoms with Crippen molar-refractivity contribution in [3.63, 3.8) is 0 Å². The molecule has 1 aromatic heterocycles. The summed E-state index contributed by atoms with van der Waals surface area (Å²) in [5, 5.41) is 1.87. The van der Waals surface area contributed by atoms with E-state index in [1.165, 1.54) is 24.2 Å². The zero-order chi connectivity index (χ0) is 13.1. The monoisotopic (exact) mass is 331 g/mol.